The number of benzene rings is 1. The van der Waals surface area contributed by atoms with Gasteiger partial charge in [-0.1, -0.05) is 44.2 Å². The maximum atomic E-state index is 11.6. The van der Waals surface area contributed by atoms with Gasteiger partial charge in [0.1, 0.15) is 0 Å². The maximum Gasteiger partial charge on any atom is 0.240 e. The van der Waals surface area contributed by atoms with Gasteiger partial charge in [-0.05, 0) is 24.0 Å². The molecule has 0 unspecified atom stereocenters. The first-order valence-electron chi connectivity index (χ1n) is 5.87. The van der Waals surface area contributed by atoms with E-state index in [0.717, 1.165) is 5.56 Å². The van der Waals surface area contributed by atoms with Crippen LogP contribution in [0.1, 0.15) is 25.8 Å². The lowest BCUT2D eigenvalue weighted by Crippen LogP contribution is -2.39. The van der Waals surface area contributed by atoms with Crippen molar-refractivity contribution in [2.24, 2.45) is 11.7 Å². The highest BCUT2D eigenvalue weighted by Crippen LogP contribution is 2.03. The molecule has 0 aliphatic heterocycles. The van der Waals surface area contributed by atoms with Gasteiger partial charge in [0.25, 0.3) is 0 Å². The molecule has 0 saturated carbocycles. The van der Waals surface area contributed by atoms with Gasteiger partial charge >= 0.3 is 0 Å². The van der Waals surface area contributed by atoms with E-state index in [2.05, 4.69) is 5.32 Å². The summed E-state index contributed by atoms with van der Waals surface area (Å²) >= 11 is 0. The molecule has 0 bridgehead atoms. The van der Waals surface area contributed by atoms with Crippen LogP contribution in [0.2, 0.25) is 0 Å². The van der Waals surface area contributed by atoms with Crippen molar-refractivity contribution in [2.75, 3.05) is 0 Å². The molecule has 0 aliphatic carbocycles. The summed E-state index contributed by atoms with van der Waals surface area (Å²) < 4.78 is 0. The second-order valence-electron chi connectivity index (χ2n) is 4.49. The van der Waals surface area contributed by atoms with Gasteiger partial charge in [0.2, 0.25) is 5.91 Å². The largest absolute Gasteiger partial charge is 0.331 e. The Morgan fingerprint density at radius 2 is 2.00 bits per heavy atom. The average molecular weight is 232 g/mol. The monoisotopic (exact) mass is 232 g/mol. The van der Waals surface area contributed by atoms with Crippen molar-refractivity contribution >= 4 is 12.0 Å². The molecule has 92 valence electrons. The lowest BCUT2D eigenvalue weighted by atomic mass is 10.0. The Kier molecular flexibility index (Phi) is 5.43. The number of nitrogens with one attached hydrogen (secondary N) is 1. The predicted molar refractivity (Wildman–Crippen MR) is 71.0 cm³/mol. The molecule has 0 aromatic heterocycles. The topological polar surface area (TPSA) is 55.1 Å². The minimum Gasteiger partial charge on any atom is -0.331 e. The van der Waals surface area contributed by atoms with E-state index in [1.54, 1.807) is 6.20 Å². The number of nitrogens with two attached hydrogens (primary N) is 1. The first-order chi connectivity index (χ1) is 8.09. The fourth-order valence-corrected chi connectivity index (χ4v) is 1.51. The van der Waals surface area contributed by atoms with Gasteiger partial charge in [-0.25, -0.2) is 0 Å². The van der Waals surface area contributed by atoms with Crippen LogP contribution in [-0.2, 0) is 4.79 Å². The van der Waals surface area contributed by atoms with Crippen LogP contribution < -0.4 is 11.1 Å². The highest BCUT2D eigenvalue weighted by molar-refractivity contribution is 5.82. The Hall–Kier alpha value is -1.61. The SMILES string of the molecule is CC(C)C[C@H](N)C(=O)NC=Cc1ccccc1. The predicted octanol–water partition coefficient (Wildman–Crippen LogP) is 2.15. The van der Waals surface area contributed by atoms with E-state index in [0.29, 0.717) is 12.3 Å². The van der Waals surface area contributed by atoms with Crippen molar-refractivity contribution in [3.63, 3.8) is 0 Å². The first kappa shape index (κ1) is 13.5. The summed E-state index contributed by atoms with van der Waals surface area (Å²) in [6.07, 6.45) is 4.18. The van der Waals surface area contributed by atoms with Crippen LogP contribution in [0.3, 0.4) is 0 Å². The molecule has 0 aliphatic rings. The molecule has 1 rings (SSSR count). The van der Waals surface area contributed by atoms with Gasteiger partial charge in [-0.3, -0.25) is 4.79 Å². The summed E-state index contributed by atoms with van der Waals surface area (Å²) in [5.41, 5.74) is 6.80. The number of rotatable bonds is 5. The second kappa shape index (κ2) is 6.86. The second-order valence-corrected chi connectivity index (χ2v) is 4.49. The van der Waals surface area contributed by atoms with Crippen LogP contribution in [0.4, 0.5) is 0 Å². The molecule has 3 heteroatoms. The summed E-state index contributed by atoms with van der Waals surface area (Å²) in [5.74, 6) is 0.291. The van der Waals surface area contributed by atoms with Gasteiger partial charge in [0.05, 0.1) is 6.04 Å². The van der Waals surface area contributed by atoms with Gasteiger partial charge in [-0.2, -0.15) is 0 Å². The quantitative estimate of drug-likeness (QED) is 0.817. The van der Waals surface area contributed by atoms with Crippen molar-refractivity contribution in [1.82, 2.24) is 5.32 Å². The van der Waals surface area contributed by atoms with Gasteiger partial charge in [0.15, 0.2) is 0 Å². The van der Waals surface area contributed by atoms with E-state index < -0.39 is 6.04 Å². The molecule has 0 radical (unpaired) electrons. The standard InChI is InChI=1S/C14H20N2O/c1-11(2)10-13(15)14(17)16-9-8-12-6-4-3-5-7-12/h3-9,11,13H,10,15H2,1-2H3,(H,16,17)/t13-/m0/s1. The highest BCUT2D eigenvalue weighted by atomic mass is 16.2. The zero-order valence-electron chi connectivity index (χ0n) is 10.4. The molecule has 17 heavy (non-hydrogen) atoms. The summed E-state index contributed by atoms with van der Waals surface area (Å²) in [5, 5.41) is 2.69. The number of carbonyl (C=O) groups excluding carboxylic acids is 1. The van der Waals surface area contributed by atoms with Crippen molar-refractivity contribution in [2.45, 2.75) is 26.3 Å². The van der Waals surface area contributed by atoms with E-state index in [1.807, 2.05) is 50.3 Å². The average Bonchev–Trinajstić information content (AvgIpc) is 2.29. The molecule has 3 nitrogen and oxygen atoms in total. The zero-order chi connectivity index (χ0) is 12.7. The molecule has 0 fully saturated rings. The molecule has 1 atom stereocenters. The van der Waals surface area contributed by atoms with Crippen molar-refractivity contribution in [1.29, 1.82) is 0 Å². The van der Waals surface area contributed by atoms with Crippen LogP contribution in [0.15, 0.2) is 36.5 Å². The van der Waals surface area contributed by atoms with Crippen LogP contribution >= 0.6 is 0 Å². The first-order valence-corrected chi connectivity index (χ1v) is 5.87. The molecule has 3 N–H and O–H groups in total. The highest BCUT2D eigenvalue weighted by Gasteiger charge is 2.12. The van der Waals surface area contributed by atoms with Gasteiger partial charge in [-0.15, -0.1) is 0 Å². The normalized spacial score (nSPS) is 12.9. The molecule has 1 aromatic carbocycles. The fourth-order valence-electron chi connectivity index (χ4n) is 1.51. The third kappa shape index (κ3) is 5.31. The third-order valence-electron chi connectivity index (χ3n) is 2.36. The smallest absolute Gasteiger partial charge is 0.240 e. The van der Waals surface area contributed by atoms with Crippen molar-refractivity contribution in [3.05, 3.63) is 42.1 Å². The van der Waals surface area contributed by atoms with Crippen LogP contribution in [-0.4, -0.2) is 11.9 Å². The molecule has 0 heterocycles. The molecule has 1 amide bonds. The van der Waals surface area contributed by atoms with E-state index in [4.69, 9.17) is 5.73 Å². The molecule has 0 spiro atoms. The Balaban J connectivity index is 2.40. The Labute approximate surface area is 103 Å². The van der Waals surface area contributed by atoms with E-state index in [-0.39, 0.29) is 5.91 Å². The number of amides is 1. The zero-order valence-corrected chi connectivity index (χ0v) is 10.4. The summed E-state index contributed by atoms with van der Waals surface area (Å²) in [7, 11) is 0. The maximum absolute atomic E-state index is 11.6. The Morgan fingerprint density at radius 1 is 1.35 bits per heavy atom. The minimum absolute atomic E-state index is 0.133. The number of carbonyl (C=O) groups is 1. The summed E-state index contributed by atoms with van der Waals surface area (Å²) in [6, 6.07) is 9.36. The third-order valence-corrected chi connectivity index (χ3v) is 2.36. The van der Waals surface area contributed by atoms with Crippen LogP contribution in [0, 0.1) is 5.92 Å². The van der Waals surface area contributed by atoms with Gasteiger partial charge < -0.3 is 11.1 Å². The molecule has 1 aromatic rings. The molecular formula is C14H20N2O. The molecule has 0 saturated heterocycles. The lowest BCUT2D eigenvalue weighted by Gasteiger charge is -2.12. The summed E-state index contributed by atoms with van der Waals surface area (Å²) in [4.78, 5) is 11.6. The van der Waals surface area contributed by atoms with Crippen molar-refractivity contribution in [3.8, 4) is 0 Å². The number of hydrogen-bond acceptors (Lipinski definition) is 2. The summed E-state index contributed by atoms with van der Waals surface area (Å²) in [6.45, 7) is 4.10. The minimum atomic E-state index is -0.435. The van der Waals surface area contributed by atoms with E-state index in [9.17, 15) is 4.79 Å². The van der Waals surface area contributed by atoms with Gasteiger partial charge in [0, 0.05) is 6.20 Å². The van der Waals surface area contributed by atoms with E-state index >= 15 is 0 Å². The lowest BCUT2D eigenvalue weighted by molar-refractivity contribution is -0.121. The van der Waals surface area contributed by atoms with Crippen molar-refractivity contribution < 1.29 is 4.79 Å². The number of hydrogen-bond donors (Lipinski definition) is 2. The van der Waals surface area contributed by atoms with Crippen LogP contribution in [0.25, 0.3) is 6.08 Å². The van der Waals surface area contributed by atoms with E-state index in [1.165, 1.54) is 0 Å². The fraction of sp³-hybridized carbons (Fsp3) is 0.357. The van der Waals surface area contributed by atoms with Crippen LogP contribution in [0.5, 0.6) is 0 Å². The Bertz CT molecular complexity index is 371. The molecular weight excluding hydrogens is 212 g/mol. The Morgan fingerprint density at radius 3 is 2.59 bits per heavy atom.